The molecular formula is C22H23F2N3O3. The largest absolute Gasteiger partial charge is 0.491 e. The van der Waals surface area contributed by atoms with Gasteiger partial charge in [0, 0.05) is 23.9 Å². The molecule has 3 aromatic rings. The number of β-amino-alcohol motifs (C(OH)–C–C–N with tert-alkyl or cyclic N) is 1. The lowest BCUT2D eigenvalue weighted by atomic mass is 9.90. The van der Waals surface area contributed by atoms with Gasteiger partial charge < -0.3 is 14.7 Å². The molecule has 0 bridgehead atoms. The molecule has 1 saturated heterocycles. The highest BCUT2D eigenvalue weighted by Crippen LogP contribution is 2.30. The van der Waals surface area contributed by atoms with Crippen LogP contribution in [0, 0.1) is 11.6 Å². The highest BCUT2D eigenvalue weighted by atomic mass is 19.2. The molecule has 1 fully saturated rings. The number of ether oxygens (including phenoxy) is 1. The van der Waals surface area contributed by atoms with Crippen molar-refractivity contribution in [2.45, 2.75) is 24.9 Å². The van der Waals surface area contributed by atoms with Gasteiger partial charge in [0.05, 0.1) is 11.1 Å². The van der Waals surface area contributed by atoms with Crippen molar-refractivity contribution in [3.05, 3.63) is 70.1 Å². The molecule has 6 nitrogen and oxygen atoms in total. The van der Waals surface area contributed by atoms with E-state index in [1.165, 1.54) is 6.07 Å². The second-order valence-electron chi connectivity index (χ2n) is 7.60. The van der Waals surface area contributed by atoms with Gasteiger partial charge in [-0.25, -0.2) is 13.9 Å². The van der Waals surface area contributed by atoms with E-state index in [0.717, 1.165) is 49.1 Å². The van der Waals surface area contributed by atoms with E-state index in [4.69, 9.17) is 4.74 Å². The summed E-state index contributed by atoms with van der Waals surface area (Å²) >= 11 is 0. The minimum atomic E-state index is -0.979. The van der Waals surface area contributed by atoms with Crippen molar-refractivity contribution in [2.24, 2.45) is 0 Å². The first kappa shape index (κ1) is 20.4. The summed E-state index contributed by atoms with van der Waals surface area (Å²) in [5.41, 5.74) is 0.725. The van der Waals surface area contributed by atoms with Crippen LogP contribution in [-0.2, 0) is 0 Å². The van der Waals surface area contributed by atoms with Crippen LogP contribution < -0.4 is 10.3 Å². The number of nitrogens with zero attached hydrogens (tertiary/aromatic N) is 2. The fourth-order valence-electron chi connectivity index (χ4n) is 3.95. The molecule has 0 radical (unpaired) electrons. The summed E-state index contributed by atoms with van der Waals surface area (Å²) in [6.45, 7) is 1.98. The van der Waals surface area contributed by atoms with E-state index in [-0.39, 0.29) is 23.8 Å². The molecule has 0 spiro atoms. The van der Waals surface area contributed by atoms with Crippen molar-refractivity contribution >= 4 is 10.8 Å². The summed E-state index contributed by atoms with van der Waals surface area (Å²) in [5, 5.41) is 18.7. The molecule has 1 aliphatic heterocycles. The lowest BCUT2D eigenvalue weighted by Gasteiger charge is -2.33. The predicted octanol–water partition coefficient (Wildman–Crippen LogP) is 2.82. The number of benzene rings is 2. The first-order valence-electron chi connectivity index (χ1n) is 9.97. The van der Waals surface area contributed by atoms with Crippen LogP contribution in [-0.4, -0.2) is 52.5 Å². The molecule has 0 saturated carbocycles. The van der Waals surface area contributed by atoms with Gasteiger partial charge in [0.1, 0.15) is 18.5 Å². The first-order valence-corrected chi connectivity index (χ1v) is 9.97. The average molecular weight is 415 g/mol. The second kappa shape index (κ2) is 8.89. The Balaban J connectivity index is 1.31. The smallest absolute Gasteiger partial charge is 0.272 e. The average Bonchev–Trinajstić information content (AvgIpc) is 2.76. The van der Waals surface area contributed by atoms with Crippen LogP contribution in [0.15, 0.2) is 47.3 Å². The SMILES string of the molecule is O=c1[nH]nc(C2CCN(CC(O)COc3ccc(F)c(F)c3)CC2)c2ccccc12. The van der Waals surface area contributed by atoms with Gasteiger partial charge in [-0.2, -0.15) is 5.10 Å². The van der Waals surface area contributed by atoms with E-state index in [0.29, 0.717) is 11.9 Å². The zero-order valence-corrected chi connectivity index (χ0v) is 16.4. The number of hydrogen-bond donors (Lipinski definition) is 2. The van der Waals surface area contributed by atoms with E-state index < -0.39 is 17.7 Å². The van der Waals surface area contributed by atoms with Crippen LogP contribution in [0.2, 0.25) is 0 Å². The van der Waals surface area contributed by atoms with Crippen molar-refractivity contribution in [3.63, 3.8) is 0 Å². The number of aromatic nitrogens is 2. The molecule has 4 rings (SSSR count). The number of piperidine rings is 1. The van der Waals surface area contributed by atoms with Gasteiger partial charge in [0.25, 0.3) is 5.56 Å². The lowest BCUT2D eigenvalue weighted by Crippen LogP contribution is -2.40. The number of aromatic amines is 1. The summed E-state index contributed by atoms with van der Waals surface area (Å²) in [6, 6.07) is 10.8. The van der Waals surface area contributed by atoms with E-state index >= 15 is 0 Å². The zero-order chi connectivity index (χ0) is 21.1. The number of rotatable bonds is 6. The van der Waals surface area contributed by atoms with Crippen LogP contribution in [0.3, 0.4) is 0 Å². The number of fused-ring (bicyclic) bond motifs is 1. The molecule has 1 unspecified atom stereocenters. The highest BCUT2D eigenvalue weighted by Gasteiger charge is 2.25. The molecule has 0 amide bonds. The number of aliphatic hydroxyl groups is 1. The van der Waals surface area contributed by atoms with E-state index in [1.54, 1.807) is 6.07 Å². The summed E-state index contributed by atoms with van der Waals surface area (Å²) in [4.78, 5) is 14.1. The van der Waals surface area contributed by atoms with E-state index in [9.17, 15) is 18.7 Å². The topological polar surface area (TPSA) is 78.5 Å². The molecular weight excluding hydrogens is 392 g/mol. The fourth-order valence-corrected chi connectivity index (χ4v) is 3.95. The van der Waals surface area contributed by atoms with Crippen molar-refractivity contribution in [1.29, 1.82) is 0 Å². The number of aliphatic hydroxyl groups excluding tert-OH is 1. The Labute approximate surface area is 172 Å². The van der Waals surface area contributed by atoms with Crippen molar-refractivity contribution in [3.8, 4) is 5.75 Å². The predicted molar refractivity (Wildman–Crippen MR) is 109 cm³/mol. The summed E-state index contributed by atoms with van der Waals surface area (Å²) in [5.74, 6) is -1.50. The molecule has 8 heteroatoms. The van der Waals surface area contributed by atoms with Crippen LogP contribution in [0.1, 0.15) is 24.5 Å². The Morgan fingerprint density at radius 1 is 1.13 bits per heavy atom. The number of hydrogen-bond acceptors (Lipinski definition) is 5. The zero-order valence-electron chi connectivity index (χ0n) is 16.4. The Morgan fingerprint density at radius 2 is 1.87 bits per heavy atom. The van der Waals surface area contributed by atoms with Gasteiger partial charge in [-0.15, -0.1) is 0 Å². The third-order valence-electron chi connectivity index (χ3n) is 5.50. The molecule has 1 aliphatic rings. The van der Waals surface area contributed by atoms with Gasteiger partial charge in [0.2, 0.25) is 0 Å². The van der Waals surface area contributed by atoms with Gasteiger partial charge in [0.15, 0.2) is 11.6 Å². The highest BCUT2D eigenvalue weighted by molar-refractivity contribution is 5.83. The summed E-state index contributed by atoms with van der Waals surface area (Å²) < 4.78 is 31.5. The number of nitrogens with one attached hydrogen (secondary N) is 1. The summed E-state index contributed by atoms with van der Waals surface area (Å²) in [6.07, 6.45) is 0.973. The van der Waals surface area contributed by atoms with Gasteiger partial charge in [-0.3, -0.25) is 4.79 Å². The van der Waals surface area contributed by atoms with Crippen LogP contribution >= 0.6 is 0 Å². The van der Waals surface area contributed by atoms with Gasteiger partial charge >= 0.3 is 0 Å². The number of likely N-dealkylation sites (tertiary alicyclic amines) is 1. The quantitative estimate of drug-likeness (QED) is 0.647. The number of H-pyrrole nitrogens is 1. The fraction of sp³-hybridized carbons (Fsp3) is 0.364. The van der Waals surface area contributed by atoms with Crippen molar-refractivity contribution < 1.29 is 18.6 Å². The Morgan fingerprint density at radius 3 is 2.60 bits per heavy atom. The molecule has 1 aromatic heterocycles. The molecule has 2 heterocycles. The minimum Gasteiger partial charge on any atom is -0.491 e. The Bertz CT molecular complexity index is 1080. The molecule has 30 heavy (non-hydrogen) atoms. The van der Waals surface area contributed by atoms with E-state index in [2.05, 4.69) is 15.1 Å². The van der Waals surface area contributed by atoms with Crippen LogP contribution in [0.4, 0.5) is 8.78 Å². The van der Waals surface area contributed by atoms with Crippen LogP contribution in [0.5, 0.6) is 5.75 Å². The van der Waals surface area contributed by atoms with E-state index in [1.807, 2.05) is 18.2 Å². The monoisotopic (exact) mass is 415 g/mol. The van der Waals surface area contributed by atoms with Crippen molar-refractivity contribution in [2.75, 3.05) is 26.2 Å². The first-order chi connectivity index (χ1) is 14.5. The maximum Gasteiger partial charge on any atom is 0.272 e. The third-order valence-corrected chi connectivity index (χ3v) is 5.50. The molecule has 2 aromatic carbocycles. The maximum atomic E-state index is 13.2. The minimum absolute atomic E-state index is 0.00286. The molecule has 158 valence electrons. The lowest BCUT2D eigenvalue weighted by molar-refractivity contribution is 0.0591. The third kappa shape index (κ3) is 4.49. The molecule has 0 aliphatic carbocycles. The van der Waals surface area contributed by atoms with Gasteiger partial charge in [-0.05, 0) is 44.1 Å². The van der Waals surface area contributed by atoms with Crippen molar-refractivity contribution in [1.82, 2.24) is 15.1 Å². The molecule has 2 N–H and O–H groups in total. The van der Waals surface area contributed by atoms with Crippen LogP contribution in [0.25, 0.3) is 10.8 Å². The second-order valence-corrected chi connectivity index (χ2v) is 7.60. The van der Waals surface area contributed by atoms with Gasteiger partial charge in [-0.1, -0.05) is 18.2 Å². The Hall–Kier alpha value is -2.84. The Kier molecular flexibility index (Phi) is 6.06. The standard InChI is InChI=1S/C22H23F2N3O3/c23-19-6-5-16(11-20(19)24)30-13-15(28)12-27-9-7-14(8-10-27)21-17-3-1-2-4-18(17)22(29)26-25-21/h1-6,11,14-15,28H,7-10,12-13H2,(H,26,29). The summed E-state index contributed by atoms with van der Waals surface area (Å²) in [7, 11) is 0. The number of halogens is 2. The normalized spacial score (nSPS) is 16.6. The molecule has 1 atom stereocenters. The maximum absolute atomic E-state index is 13.2.